The van der Waals surface area contributed by atoms with Crippen LogP contribution in [0.25, 0.3) is 10.8 Å². The molecule has 1 fully saturated rings. The van der Waals surface area contributed by atoms with Gasteiger partial charge in [0.25, 0.3) is 0 Å². The molecule has 2 heteroatoms. The van der Waals surface area contributed by atoms with E-state index < -0.39 is 0 Å². The second-order valence-corrected chi connectivity index (χ2v) is 5.67. The lowest BCUT2D eigenvalue weighted by molar-refractivity contribution is 0.151. The van der Waals surface area contributed by atoms with Gasteiger partial charge in [-0.1, -0.05) is 49.2 Å². The minimum Gasteiger partial charge on any atom is -0.488 e. The topological polar surface area (TPSA) is 21.3 Å². The van der Waals surface area contributed by atoms with Gasteiger partial charge in [0.1, 0.15) is 11.9 Å². The van der Waals surface area contributed by atoms with Crippen molar-refractivity contribution in [1.82, 2.24) is 5.32 Å². The zero-order chi connectivity index (χ0) is 13.8. The van der Waals surface area contributed by atoms with E-state index >= 15 is 0 Å². The SMILES string of the molecule is CNC1CCCCCC1Oc1cccc2ccccc12. The van der Waals surface area contributed by atoms with E-state index in [9.17, 15) is 0 Å². The zero-order valence-electron chi connectivity index (χ0n) is 12.1. The van der Waals surface area contributed by atoms with E-state index in [0.717, 1.165) is 12.2 Å². The van der Waals surface area contributed by atoms with E-state index in [1.807, 2.05) is 0 Å². The summed E-state index contributed by atoms with van der Waals surface area (Å²) in [6.07, 6.45) is 6.55. The molecule has 0 aliphatic heterocycles. The lowest BCUT2D eigenvalue weighted by atomic mass is 10.1. The van der Waals surface area contributed by atoms with Gasteiger partial charge in [0.05, 0.1) is 0 Å². The summed E-state index contributed by atoms with van der Waals surface area (Å²) in [5.41, 5.74) is 0. The molecule has 1 saturated carbocycles. The average Bonchev–Trinajstić information content (AvgIpc) is 2.72. The fourth-order valence-electron chi connectivity index (χ4n) is 3.21. The number of hydrogen-bond donors (Lipinski definition) is 1. The van der Waals surface area contributed by atoms with E-state index in [4.69, 9.17) is 4.74 Å². The average molecular weight is 269 g/mol. The lowest BCUT2D eigenvalue weighted by Crippen LogP contribution is -2.40. The van der Waals surface area contributed by atoms with Crippen molar-refractivity contribution in [2.75, 3.05) is 7.05 Å². The summed E-state index contributed by atoms with van der Waals surface area (Å²) in [5.74, 6) is 1.02. The number of fused-ring (bicyclic) bond motifs is 1. The lowest BCUT2D eigenvalue weighted by Gasteiger charge is -2.26. The Hall–Kier alpha value is -1.54. The highest BCUT2D eigenvalue weighted by Crippen LogP contribution is 2.29. The molecular weight excluding hydrogens is 246 g/mol. The minimum atomic E-state index is 0.285. The number of hydrogen-bond acceptors (Lipinski definition) is 2. The first kappa shape index (κ1) is 13.4. The van der Waals surface area contributed by atoms with Gasteiger partial charge in [-0.3, -0.25) is 0 Å². The van der Waals surface area contributed by atoms with Gasteiger partial charge < -0.3 is 10.1 Å². The van der Waals surface area contributed by atoms with Gasteiger partial charge in [-0.2, -0.15) is 0 Å². The second kappa shape index (κ2) is 6.27. The molecule has 2 unspecified atom stereocenters. The maximum Gasteiger partial charge on any atom is 0.127 e. The molecular formula is C18H23NO. The summed E-state index contributed by atoms with van der Waals surface area (Å²) in [6, 6.07) is 15.2. The zero-order valence-corrected chi connectivity index (χ0v) is 12.1. The Morgan fingerprint density at radius 3 is 2.65 bits per heavy atom. The number of rotatable bonds is 3. The van der Waals surface area contributed by atoms with Crippen molar-refractivity contribution in [1.29, 1.82) is 0 Å². The van der Waals surface area contributed by atoms with Crippen molar-refractivity contribution < 1.29 is 4.74 Å². The molecule has 0 bridgehead atoms. The summed E-state index contributed by atoms with van der Waals surface area (Å²) in [6.45, 7) is 0. The van der Waals surface area contributed by atoms with Crippen LogP contribution in [0.1, 0.15) is 32.1 Å². The monoisotopic (exact) mass is 269 g/mol. The molecule has 0 spiro atoms. The summed E-state index contributed by atoms with van der Waals surface area (Å²) in [7, 11) is 2.05. The van der Waals surface area contributed by atoms with E-state index in [1.54, 1.807) is 0 Å². The molecule has 0 heterocycles. The molecule has 3 rings (SSSR count). The molecule has 2 aromatic rings. The van der Waals surface area contributed by atoms with Crippen LogP contribution in [-0.2, 0) is 0 Å². The molecule has 20 heavy (non-hydrogen) atoms. The van der Waals surface area contributed by atoms with Crippen LogP contribution in [-0.4, -0.2) is 19.2 Å². The van der Waals surface area contributed by atoms with Crippen molar-refractivity contribution in [3.05, 3.63) is 42.5 Å². The molecule has 2 aromatic carbocycles. The van der Waals surface area contributed by atoms with E-state index in [-0.39, 0.29) is 6.10 Å². The van der Waals surface area contributed by atoms with Gasteiger partial charge in [-0.05, 0) is 37.8 Å². The van der Waals surface area contributed by atoms with Crippen LogP contribution in [0.5, 0.6) is 5.75 Å². The van der Waals surface area contributed by atoms with Gasteiger partial charge in [0.15, 0.2) is 0 Å². The fraction of sp³-hybridized carbons (Fsp3) is 0.444. The number of nitrogens with one attached hydrogen (secondary N) is 1. The predicted octanol–water partition coefficient (Wildman–Crippen LogP) is 4.14. The van der Waals surface area contributed by atoms with Crippen molar-refractivity contribution >= 4 is 10.8 Å². The van der Waals surface area contributed by atoms with Crippen LogP contribution in [0.2, 0.25) is 0 Å². The number of benzene rings is 2. The first-order chi connectivity index (χ1) is 9.88. The maximum absolute atomic E-state index is 6.39. The van der Waals surface area contributed by atoms with Crippen LogP contribution < -0.4 is 10.1 Å². The van der Waals surface area contributed by atoms with E-state index in [2.05, 4.69) is 54.8 Å². The summed E-state index contributed by atoms with van der Waals surface area (Å²) in [5, 5.41) is 5.90. The Morgan fingerprint density at radius 1 is 0.950 bits per heavy atom. The molecule has 0 aromatic heterocycles. The van der Waals surface area contributed by atoms with Crippen LogP contribution >= 0.6 is 0 Å². The highest BCUT2D eigenvalue weighted by molar-refractivity contribution is 5.88. The maximum atomic E-state index is 6.39. The van der Waals surface area contributed by atoms with Crippen molar-refractivity contribution in [2.45, 2.75) is 44.2 Å². The highest BCUT2D eigenvalue weighted by atomic mass is 16.5. The van der Waals surface area contributed by atoms with Crippen LogP contribution in [0.4, 0.5) is 0 Å². The van der Waals surface area contributed by atoms with Gasteiger partial charge in [0.2, 0.25) is 0 Å². The van der Waals surface area contributed by atoms with Crippen LogP contribution in [0, 0.1) is 0 Å². The molecule has 0 saturated heterocycles. The minimum absolute atomic E-state index is 0.285. The van der Waals surface area contributed by atoms with Gasteiger partial charge in [0, 0.05) is 11.4 Å². The largest absolute Gasteiger partial charge is 0.488 e. The molecule has 1 N–H and O–H groups in total. The third-order valence-electron chi connectivity index (χ3n) is 4.35. The Morgan fingerprint density at radius 2 is 1.75 bits per heavy atom. The van der Waals surface area contributed by atoms with Gasteiger partial charge >= 0.3 is 0 Å². The van der Waals surface area contributed by atoms with Crippen molar-refractivity contribution in [3.8, 4) is 5.75 Å². The summed E-state index contributed by atoms with van der Waals surface area (Å²) < 4.78 is 6.39. The number of likely N-dealkylation sites (N-methyl/N-ethyl adjacent to an activating group) is 1. The first-order valence-corrected chi connectivity index (χ1v) is 7.70. The van der Waals surface area contributed by atoms with Gasteiger partial charge in [-0.25, -0.2) is 0 Å². The van der Waals surface area contributed by atoms with Crippen molar-refractivity contribution in [2.24, 2.45) is 0 Å². The third kappa shape index (κ3) is 2.80. The fourth-order valence-corrected chi connectivity index (χ4v) is 3.21. The first-order valence-electron chi connectivity index (χ1n) is 7.70. The quantitative estimate of drug-likeness (QED) is 0.846. The second-order valence-electron chi connectivity index (χ2n) is 5.67. The molecule has 0 amide bonds. The molecule has 106 valence electrons. The van der Waals surface area contributed by atoms with E-state index in [0.29, 0.717) is 6.04 Å². The Labute approximate surface area is 121 Å². The standard InChI is InChI=1S/C18H23NO/c1-19-16-11-3-2-4-12-18(16)20-17-13-7-9-14-8-5-6-10-15(14)17/h5-10,13,16,18-19H,2-4,11-12H2,1H3. The van der Waals surface area contributed by atoms with Crippen LogP contribution in [0.3, 0.4) is 0 Å². The molecule has 1 aliphatic carbocycles. The Balaban J connectivity index is 1.87. The Kier molecular flexibility index (Phi) is 4.22. The molecule has 1 aliphatic rings. The van der Waals surface area contributed by atoms with Crippen LogP contribution in [0.15, 0.2) is 42.5 Å². The summed E-state index contributed by atoms with van der Waals surface area (Å²) in [4.78, 5) is 0. The summed E-state index contributed by atoms with van der Waals surface area (Å²) >= 11 is 0. The van der Waals surface area contributed by atoms with Gasteiger partial charge in [-0.15, -0.1) is 0 Å². The molecule has 0 radical (unpaired) electrons. The predicted molar refractivity (Wildman–Crippen MR) is 84.3 cm³/mol. The molecule has 2 atom stereocenters. The third-order valence-corrected chi connectivity index (χ3v) is 4.35. The Bertz CT molecular complexity index is 561. The molecule has 2 nitrogen and oxygen atoms in total. The van der Waals surface area contributed by atoms with Crippen molar-refractivity contribution in [3.63, 3.8) is 0 Å². The van der Waals surface area contributed by atoms with E-state index in [1.165, 1.54) is 36.5 Å². The smallest absolute Gasteiger partial charge is 0.127 e. The normalized spacial score (nSPS) is 23.4. The highest BCUT2D eigenvalue weighted by Gasteiger charge is 2.24. The number of ether oxygens (including phenoxy) is 1.